The number of hydrogen-bond donors (Lipinski definition) is 4. The van der Waals surface area contributed by atoms with E-state index in [0.29, 0.717) is 0 Å². The van der Waals surface area contributed by atoms with Crippen molar-refractivity contribution < 1.29 is 65.9 Å². The van der Waals surface area contributed by atoms with Crippen LogP contribution in [0.5, 0.6) is 0 Å². The van der Waals surface area contributed by atoms with Gasteiger partial charge in [0.25, 0.3) is 0 Å². The lowest BCUT2D eigenvalue weighted by Crippen LogP contribution is -2.54. The summed E-state index contributed by atoms with van der Waals surface area (Å²) in [5.41, 5.74) is 0.288. The van der Waals surface area contributed by atoms with Crippen molar-refractivity contribution in [2.24, 2.45) is 0 Å². The number of benzene rings is 2. The summed E-state index contributed by atoms with van der Waals surface area (Å²) in [6, 6.07) is 14.2. The average Bonchev–Trinajstić information content (AvgIpc) is 3.31. The van der Waals surface area contributed by atoms with Gasteiger partial charge < -0.3 is 39.8 Å². The van der Waals surface area contributed by atoms with Crippen LogP contribution in [0.1, 0.15) is 43.0 Å². The molecule has 6 rings (SSSR count). The number of aliphatic hydroxyl groups is 2. The molecule has 4 aliphatic rings. The lowest BCUT2D eigenvalue weighted by molar-refractivity contribution is -0.153. The van der Waals surface area contributed by atoms with E-state index in [1.165, 1.54) is 24.3 Å². The maximum Gasteiger partial charge on any atom is 0.338 e. The van der Waals surface area contributed by atoms with Crippen LogP contribution >= 0.6 is 0 Å². The Kier molecular flexibility index (Phi) is 16.8. The summed E-state index contributed by atoms with van der Waals surface area (Å²) in [5, 5.41) is 23.1. The highest BCUT2D eigenvalue weighted by atomic mass is 19.3. The van der Waals surface area contributed by atoms with Crippen LogP contribution in [0.4, 0.5) is 27.2 Å². The summed E-state index contributed by atoms with van der Waals surface area (Å²) in [6.45, 7) is -1.10. The van der Waals surface area contributed by atoms with Crippen molar-refractivity contribution in [1.82, 2.24) is 20.4 Å². The minimum absolute atomic E-state index is 0. The van der Waals surface area contributed by atoms with Crippen molar-refractivity contribution in [3.63, 3.8) is 0 Å². The van der Waals surface area contributed by atoms with Gasteiger partial charge in [-0.3, -0.25) is 9.80 Å². The first-order valence-electron chi connectivity index (χ1n) is 16.1. The van der Waals surface area contributed by atoms with Gasteiger partial charge in [-0.25, -0.2) is 19.2 Å². The van der Waals surface area contributed by atoms with Crippen LogP contribution in [0.25, 0.3) is 0 Å². The zero-order valence-electron chi connectivity index (χ0n) is 27.4. The number of nitrogens with one attached hydrogen (secondary N) is 2. The number of urea groups is 2. The fourth-order valence-electron chi connectivity index (χ4n) is 5.61. The van der Waals surface area contributed by atoms with Crippen LogP contribution in [0.2, 0.25) is 0 Å². The summed E-state index contributed by atoms with van der Waals surface area (Å²) in [6.07, 6.45) is -4.72. The zero-order valence-corrected chi connectivity index (χ0v) is 27.4. The molecule has 2 saturated heterocycles. The van der Waals surface area contributed by atoms with Gasteiger partial charge in [0, 0.05) is 26.2 Å². The number of halogens is 4. The Morgan fingerprint density at radius 2 is 1.18 bits per heavy atom. The Morgan fingerprint density at radius 3 is 1.65 bits per heavy atom. The summed E-state index contributed by atoms with van der Waals surface area (Å²) >= 11 is 0. The molecule has 0 aliphatic carbocycles. The van der Waals surface area contributed by atoms with Crippen molar-refractivity contribution in [2.45, 2.75) is 71.0 Å². The number of carbonyl (C=O) groups excluding carboxylic acids is 4. The second kappa shape index (κ2) is 20.0. The molecule has 4 amide bonds. The zero-order chi connectivity index (χ0) is 37.5. The molecule has 0 saturated carbocycles. The number of rotatable bonds is 8. The summed E-state index contributed by atoms with van der Waals surface area (Å²) in [7, 11) is 0. The molecule has 0 spiro atoms. The van der Waals surface area contributed by atoms with Gasteiger partial charge in [-0.1, -0.05) is 83.0 Å². The molecule has 0 unspecified atom stereocenters. The van der Waals surface area contributed by atoms with Gasteiger partial charge in [0.2, 0.25) is 12.5 Å². The van der Waals surface area contributed by atoms with Crippen LogP contribution in [0.3, 0.4) is 0 Å². The highest BCUT2D eigenvalue weighted by molar-refractivity contribution is 5.90. The van der Waals surface area contributed by atoms with E-state index in [-0.39, 0.29) is 59.6 Å². The Bertz CT molecular complexity index is 1640. The second-order valence-corrected chi connectivity index (χ2v) is 11.8. The number of amides is 4. The highest BCUT2D eigenvalue weighted by Crippen LogP contribution is 2.41. The van der Waals surface area contributed by atoms with Crippen molar-refractivity contribution >= 4 is 24.0 Å². The van der Waals surface area contributed by atoms with Crippen molar-refractivity contribution in [3.05, 3.63) is 96.1 Å². The lowest BCUT2D eigenvalue weighted by atomic mass is 10.1. The van der Waals surface area contributed by atoms with Crippen LogP contribution < -0.4 is 10.6 Å². The van der Waals surface area contributed by atoms with Crippen molar-refractivity contribution in [2.75, 3.05) is 39.4 Å². The second-order valence-electron chi connectivity index (χ2n) is 11.8. The minimum Gasteiger partial charge on any atom is -0.459 e. The van der Waals surface area contributed by atoms with Crippen molar-refractivity contribution in [3.8, 4) is 0 Å². The van der Waals surface area contributed by atoms with Crippen LogP contribution in [-0.2, 0) is 18.9 Å². The summed E-state index contributed by atoms with van der Waals surface area (Å²) in [5.74, 6) is -9.15. The monoisotopic (exact) mass is 784 g/mol. The van der Waals surface area contributed by atoms with E-state index < -0.39 is 85.9 Å². The molecule has 4 heterocycles. The number of alkyl halides is 4. The smallest absolute Gasteiger partial charge is 0.338 e. The number of hydrogen-bond acceptors (Lipinski definition) is 10. The highest BCUT2D eigenvalue weighted by Gasteiger charge is 2.64. The van der Waals surface area contributed by atoms with Gasteiger partial charge in [-0.05, 0) is 24.3 Å². The first-order valence-corrected chi connectivity index (χ1v) is 16.1. The largest absolute Gasteiger partial charge is 0.459 e. The first-order chi connectivity index (χ1) is 24.9. The Balaban J connectivity index is 0.000000425. The van der Waals surface area contributed by atoms with Gasteiger partial charge in [0.05, 0.1) is 17.7 Å². The number of nitrogens with zero attached hydrogens (tertiary/aromatic N) is 2. The van der Waals surface area contributed by atoms with E-state index in [1.807, 2.05) is 0 Å². The van der Waals surface area contributed by atoms with Crippen LogP contribution in [0, 0.1) is 0 Å². The molecule has 55 heavy (non-hydrogen) atoms. The van der Waals surface area contributed by atoms with Crippen molar-refractivity contribution in [1.29, 1.82) is 0 Å². The molecule has 2 aromatic rings. The SMILES string of the molecule is C.C.C.O=C(OC[C@H]1O[C@@H](N2CC=CCNC2=O)C(F)(F)[C@@H]1OC(=O)c1ccccc1)c1ccccc1.O=C1NCC=CCN1[C@@H]1O[C@H](CO)[C@@H](O)C1(F)F. The molecule has 0 aromatic heterocycles. The molecule has 304 valence electrons. The number of aliphatic hydroxyl groups excluding tert-OH is 2. The molecule has 2 aromatic carbocycles. The molecule has 4 aliphatic heterocycles. The fraction of sp³-hybridized carbons (Fsp3) is 0.459. The standard InChI is InChI=1S/C24H22F2N2O6.C10H14F2N2O4.3CH4/c25-24(26)19(34-21(30)17-11-5-2-6-12-17)18(15-32-20(29)16-9-3-1-4-10-16)33-22(24)28-14-8-7-13-27-23(28)31;11-10(12)7(16)6(5-15)18-8(10)14-4-2-1-3-13-9(14)17;;;/h1-12,18-19,22H,13-15H2,(H,27,31);1-2,6-8,15-16H,3-5H2,(H,13,17);3*1H4/t18-,19-,22-;6-,7-,8-;;;/m11.../s1. The van der Waals surface area contributed by atoms with Gasteiger partial charge in [-0.2, -0.15) is 17.6 Å². The van der Waals surface area contributed by atoms with E-state index >= 15 is 8.78 Å². The van der Waals surface area contributed by atoms with Crippen LogP contribution in [-0.4, -0.2) is 132 Å². The third-order valence-electron chi connectivity index (χ3n) is 8.31. The number of ether oxygens (including phenoxy) is 4. The Morgan fingerprint density at radius 1 is 0.727 bits per heavy atom. The molecule has 18 heteroatoms. The topological polar surface area (TPSA) is 176 Å². The maximum absolute atomic E-state index is 15.5. The van der Waals surface area contributed by atoms with Crippen LogP contribution in [0.15, 0.2) is 85.0 Å². The van der Waals surface area contributed by atoms with Gasteiger partial charge in [0.15, 0.2) is 12.2 Å². The molecule has 4 N–H and O–H groups in total. The summed E-state index contributed by atoms with van der Waals surface area (Å²) < 4.78 is 79.4. The minimum atomic E-state index is -3.79. The predicted octanol–water partition coefficient (Wildman–Crippen LogP) is 4.20. The molecule has 14 nitrogen and oxygen atoms in total. The lowest BCUT2D eigenvalue weighted by Gasteiger charge is -2.30. The third kappa shape index (κ3) is 10.4. The maximum atomic E-state index is 15.5. The normalized spacial score (nSPS) is 26.2. The van der Waals surface area contributed by atoms with Gasteiger partial charge in [-0.15, -0.1) is 0 Å². The molecule has 0 bridgehead atoms. The Labute approximate surface area is 316 Å². The fourth-order valence-corrected chi connectivity index (χ4v) is 5.61. The quantitative estimate of drug-likeness (QED) is 0.173. The van der Waals surface area contributed by atoms with E-state index in [4.69, 9.17) is 24.1 Å². The van der Waals surface area contributed by atoms with Gasteiger partial charge >= 0.3 is 35.8 Å². The average molecular weight is 785 g/mol. The van der Waals surface area contributed by atoms with E-state index in [0.717, 1.165) is 9.80 Å². The number of carbonyl (C=O) groups is 4. The molecule has 0 radical (unpaired) electrons. The van der Waals surface area contributed by atoms with E-state index in [2.05, 4.69) is 10.6 Å². The molecular formula is C37H48F4N4O10. The van der Waals surface area contributed by atoms with E-state index in [1.54, 1.807) is 60.7 Å². The van der Waals surface area contributed by atoms with E-state index in [9.17, 15) is 33.1 Å². The molecular weight excluding hydrogens is 736 g/mol. The summed E-state index contributed by atoms with van der Waals surface area (Å²) in [4.78, 5) is 50.5. The van der Waals surface area contributed by atoms with Gasteiger partial charge in [0.1, 0.15) is 18.8 Å². The number of esters is 2. The predicted molar refractivity (Wildman–Crippen MR) is 191 cm³/mol. The molecule has 2 fully saturated rings. The first kappa shape index (κ1) is 46.1. The molecule has 6 atom stereocenters. The third-order valence-corrected chi connectivity index (χ3v) is 8.31. The Hall–Kier alpha value is -5.04.